The Morgan fingerprint density at radius 3 is 2.61 bits per heavy atom. The largest absolute Gasteiger partial charge is 0.469 e. The molecule has 2 atom stereocenters. The van der Waals surface area contributed by atoms with Crippen LogP contribution in [0.25, 0.3) is 0 Å². The van der Waals surface area contributed by atoms with E-state index < -0.39 is 12.1 Å². The Morgan fingerprint density at radius 1 is 1.30 bits per heavy atom. The highest BCUT2D eigenvalue weighted by atomic mass is 32.1. The fraction of sp³-hybridized carbons (Fsp3) is 0.688. The molecule has 7 heteroatoms. The Balaban J connectivity index is 2.34. The number of hydrogen-bond acceptors (Lipinski definition) is 4. The first kappa shape index (κ1) is 20.0. The molecule has 0 aliphatic heterocycles. The zero-order valence-electron chi connectivity index (χ0n) is 13.5. The van der Waals surface area contributed by atoms with Crippen LogP contribution in [0.1, 0.15) is 54.8 Å². The van der Waals surface area contributed by atoms with E-state index in [0.717, 1.165) is 16.2 Å². The van der Waals surface area contributed by atoms with Crippen molar-refractivity contribution in [3.05, 3.63) is 21.9 Å². The molecule has 0 spiro atoms. The first-order chi connectivity index (χ1) is 10.7. The van der Waals surface area contributed by atoms with Crippen molar-refractivity contribution in [2.45, 2.75) is 57.7 Å². The summed E-state index contributed by atoms with van der Waals surface area (Å²) in [6, 6.07) is 3.67. The van der Waals surface area contributed by atoms with Gasteiger partial charge < -0.3 is 10.5 Å². The number of esters is 1. The van der Waals surface area contributed by atoms with Crippen LogP contribution in [0.5, 0.6) is 0 Å². The van der Waals surface area contributed by atoms with Crippen LogP contribution < -0.4 is 5.73 Å². The molecule has 23 heavy (non-hydrogen) atoms. The van der Waals surface area contributed by atoms with Crippen LogP contribution in [0.3, 0.4) is 0 Å². The van der Waals surface area contributed by atoms with Gasteiger partial charge in [0, 0.05) is 22.2 Å². The third-order valence-corrected chi connectivity index (χ3v) is 5.07. The van der Waals surface area contributed by atoms with Gasteiger partial charge >= 0.3 is 12.1 Å². The molecule has 0 radical (unpaired) electrons. The second-order valence-corrected chi connectivity index (χ2v) is 6.91. The Hall–Kier alpha value is -1.08. The maximum absolute atomic E-state index is 12.4. The van der Waals surface area contributed by atoms with E-state index in [-0.39, 0.29) is 18.4 Å². The number of thiophene rings is 1. The molecule has 2 N–H and O–H groups in total. The van der Waals surface area contributed by atoms with Gasteiger partial charge in [0.2, 0.25) is 0 Å². The third kappa shape index (κ3) is 7.35. The quantitative estimate of drug-likeness (QED) is 0.661. The van der Waals surface area contributed by atoms with Crippen molar-refractivity contribution in [1.29, 1.82) is 0 Å². The molecule has 132 valence electrons. The van der Waals surface area contributed by atoms with E-state index in [4.69, 9.17) is 5.73 Å². The number of methoxy groups -OCH3 is 1. The summed E-state index contributed by atoms with van der Waals surface area (Å²) in [6.45, 7) is 1.20. The number of hydrogen-bond donors (Lipinski definition) is 1. The Labute approximate surface area is 139 Å². The molecule has 0 amide bonds. The summed E-state index contributed by atoms with van der Waals surface area (Å²) in [5.74, 6) is -1.51. The molecule has 0 aromatic carbocycles. The maximum Gasteiger partial charge on any atom is 0.391 e. The molecular weight excluding hydrogens is 327 g/mol. The van der Waals surface area contributed by atoms with Crippen molar-refractivity contribution >= 4 is 17.3 Å². The Morgan fingerprint density at radius 2 is 2.00 bits per heavy atom. The highest BCUT2D eigenvalue weighted by molar-refractivity contribution is 7.12. The van der Waals surface area contributed by atoms with Gasteiger partial charge in [-0.3, -0.25) is 4.79 Å². The topological polar surface area (TPSA) is 52.3 Å². The number of carbonyl (C=O) groups is 1. The first-order valence-corrected chi connectivity index (χ1v) is 8.53. The van der Waals surface area contributed by atoms with Crippen LogP contribution in [0.4, 0.5) is 13.2 Å². The second kappa shape index (κ2) is 9.27. The van der Waals surface area contributed by atoms with Gasteiger partial charge in [0.05, 0.1) is 13.0 Å². The first-order valence-electron chi connectivity index (χ1n) is 7.71. The predicted molar refractivity (Wildman–Crippen MR) is 85.3 cm³/mol. The highest BCUT2D eigenvalue weighted by Gasteiger charge is 2.35. The van der Waals surface area contributed by atoms with Gasteiger partial charge in [0.15, 0.2) is 0 Å². The number of carbonyl (C=O) groups excluding carboxylic acids is 1. The summed E-state index contributed by atoms with van der Waals surface area (Å²) >= 11 is 1.57. The number of rotatable bonds is 9. The van der Waals surface area contributed by atoms with E-state index in [1.54, 1.807) is 11.3 Å². The molecular formula is C16H24F3NO2S. The Kier molecular flexibility index (Phi) is 8.05. The van der Waals surface area contributed by atoms with Gasteiger partial charge in [-0.1, -0.05) is 13.3 Å². The van der Waals surface area contributed by atoms with Crippen molar-refractivity contribution in [3.63, 3.8) is 0 Å². The summed E-state index contributed by atoms with van der Waals surface area (Å²) in [6.07, 6.45) is -1.15. The van der Waals surface area contributed by atoms with Gasteiger partial charge in [-0.05, 0) is 37.8 Å². The molecule has 1 aromatic rings. The minimum atomic E-state index is -4.13. The molecule has 3 nitrogen and oxygen atoms in total. The van der Waals surface area contributed by atoms with E-state index >= 15 is 0 Å². The summed E-state index contributed by atoms with van der Waals surface area (Å²) in [7, 11) is 1.37. The van der Waals surface area contributed by atoms with Crippen LogP contribution in [0.15, 0.2) is 12.1 Å². The van der Waals surface area contributed by atoms with Crippen molar-refractivity contribution < 1.29 is 22.7 Å². The number of ether oxygens (including phenoxy) is 1. The van der Waals surface area contributed by atoms with E-state index in [1.165, 1.54) is 14.0 Å². The second-order valence-electron chi connectivity index (χ2n) is 5.71. The highest BCUT2D eigenvalue weighted by Crippen LogP contribution is 2.31. The molecule has 0 saturated heterocycles. The minimum absolute atomic E-state index is 0.106. The lowest BCUT2D eigenvalue weighted by Gasteiger charge is -2.16. The molecule has 1 aromatic heterocycles. The van der Waals surface area contributed by atoms with Gasteiger partial charge in [-0.25, -0.2) is 0 Å². The predicted octanol–water partition coefficient (Wildman–Crippen LogP) is 4.61. The lowest BCUT2D eigenvalue weighted by Crippen LogP contribution is -2.20. The molecule has 2 unspecified atom stereocenters. The molecule has 1 rings (SSSR count). The number of alkyl halides is 3. The normalized spacial score (nSPS) is 14.5. The molecule has 0 aliphatic carbocycles. The standard InChI is InChI=1S/C16H24F3NO2S/c1-11(16(17,18)19)5-3-7-13(20)14-10-9-12(23-14)6-4-8-15(21)22-2/h9-11,13H,3-8,20H2,1-2H3. The molecule has 0 bridgehead atoms. The van der Waals surface area contributed by atoms with Crippen molar-refractivity contribution in [2.24, 2.45) is 11.7 Å². The van der Waals surface area contributed by atoms with Gasteiger partial charge in [-0.15, -0.1) is 11.3 Å². The van der Waals surface area contributed by atoms with Crippen LogP contribution >= 0.6 is 11.3 Å². The number of aryl methyl sites for hydroxylation is 1. The van der Waals surface area contributed by atoms with Crippen LogP contribution in [0, 0.1) is 5.92 Å². The summed E-state index contributed by atoms with van der Waals surface area (Å²) in [5, 5.41) is 0. The third-order valence-electron chi connectivity index (χ3n) is 3.79. The SMILES string of the molecule is COC(=O)CCCc1ccc(C(N)CCCC(C)C(F)(F)F)s1. The van der Waals surface area contributed by atoms with Crippen LogP contribution in [-0.4, -0.2) is 19.3 Å². The molecule has 1 heterocycles. The lowest BCUT2D eigenvalue weighted by molar-refractivity contribution is -0.171. The van der Waals surface area contributed by atoms with E-state index in [9.17, 15) is 18.0 Å². The average Bonchev–Trinajstić information content (AvgIpc) is 2.94. The van der Waals surface area contributed by atoms with Crippen LogP contribution in [-0.2, 0) is 16.0 Å². The van der Waals surface area contributed by atoms with Crippen molar-refractivity contribution in [1.82, 2.24) is 0 Å². The molecule has 0 aliphatic rings. The number of halogens is 3. The van der Waals surface area contributed by atoms with E-state index in [2.05, 4.69) is 4.74 Å². The Bertz CT molecular complexity index is 488. The zero-order valence-corrected chi connectivity index (χ0v) is 14.3. The van der Waals surface area contributed by atoms with Crippen molar-refractivity contribution in [3.8, 4) is 0 Å². The van der Waals surface area contributed by atoms with Crippen LogP contribution in [0.2, 0.25) is 0 Å². The summed E-state index contributed by atoms with van der Waals surface area (Å²) < 4.78 is 41.9. The minimum Gasteiger partial charge on any atom is -0.469 e. The molecule has 0 saturated carbocycles. The lowest BCUT2D eigenvalue weighted by atomic mass is 10.0. The molecule has 0 fully saturated rings. The number of nitrogens with two attached hydrogens (primary N) is 1. The van der Waals surface area contributed by atoms with Gasteiger partial charge in [0.25, 0.3) is 0 Å². The van der Waals surface area contributed by atoms with Gasteiger partial charge in [0.1, 0.15) is 0 Å². The fourth-order valence-electron chi connectivity index (χ4n) is 2.19. The van der Waals surface area contributed by atoms with E-state index in [1.807, 2.05) is 12.1 Å². The summed E-state index contributed by atoms with van der Waals surface area (Å²) in [4.78, 5) is 13.2. The average molecular weight is 351 g/mol. The van der Waals surface area contributed by atoms with Crippen molar-refractivity contribution in [2.75, 3.05) is 7.11 Å². The maximum atomic E-state index is 12.4. The monoisotopic (exact) mass is 351 g/mol. The smallest absolute Gasteiger partial charge is 0.391 e. The summed E-state index contributed by atoms with van der Waals surface area (Å²) in [5.41, 5.74) is 6.06. The zero-order chi connectivity index (χ0) is 17.5. The van der Waals surface area contributed by atoms with E-state index in [0.29, 0.717) is 25.7 Å². The van der Waals surface area contributed by atoms with Gasteiger partial charge in [-0.2, -0.15) is 13.2 Å². The fourth-order valence-corrected chi connectivity index (χ4v) is 3.28.